The molecule has 0 unspecified atom stereocenters. The van der Waals surface area contributed by atoms with Crippen molar-refractivity contribution in [2.75, 3.05) is 47.4 Å². The molecule has 6 nitrogen and oxygen atoms in total. The zero-order valence-corrected chi connectivity index (χ0v) is 17.8. The van der Waals surface area contributed by atoms with Crippen LogP contribution in [0.4, 0.5) is 0 Å². The van der Waals surface area contributed by atoms with Crippen molar-refractivity contribution < 1.29 is 14.3 Å². The highest BCUT2D eigenvalue weighted by Gasteiger charge is 2.30. The van der Waals surface area contributed by atoms with Gasteiger partial charge in [-0.1, -0.05) is 6.07 Å². The molecule has 1 aromatic heterocycles. The number of hydrogen-bond acceptors (Lipinski definition) is 6. The van der Waals surface area contributed by atoms with Crippen molar-refractivity contribution in [2.45, 2.75) is 19.0 Å². The maximum Gasteiger partial charge on any atom is 0.251 e. The van der Waals surface area contributed by atoms with E-state index in [2.05, 4.69) is 46.6 Å². The van der Waals surface area contributed by atoms with Gasteiger partial charge in [-0.2, -0.15) is 0 Å². The number of piperazine rings is 1. The second-order valence-electron chi connectivity index (χ2n) is 7.13. The number of methoxy groups -OCH3 is 2. The standard InChI is InChI=1S/C21H29N3O3S/c1-15(22-21(25)16-7-8-17(26-3)18(14-16)27-4)20(19-6-5-13-28-19)24-11-9-23(2)10-12-24/h5-8,13-15,20H,9-12H2,1-4H3,(H,22,25)/t15-,20+/m0/s1. The minimum atomic E-state index is -0.107. The minimum absolute atomic E-state index is 0.0253. The fraction of sp³-hybridized carbons (Fsp3) is 0.476. The maximum absolute atomic E-state index is 12.9. The van der Waals surface area contributed by atoms with E-state index in [4.69, 9.17) is 9.47 Å². The van der Waals surface area contributed by atoms with Gasteiger partial charge in [-0.05, 0) is 43.6 Å². The van der Waals surface area contributed by atoms with Crippen molar-refractivity contribution in [1.29, 1.82) is 0 Å². The van der Waals surface area contributed by atoms with Crippen molar-refractivity contribution in [3.8, 4) is 11.5 Å². The topological polar surface area (TPSA) is 54.0 Å². The molecule has 0 saturated carbocycles. The molecule has 2 atom stereocenters. The van der Waals surface area contributed by atoms with Gasteiger partial charge in [0.25, 0.3) is 5.91 Å². The first-order valence-electron chi connectivity index (χ1n) is 9.52. The number of carbonyl (C=O) groups excluding carboxylic acids is 1. The monoisotopic (exact) mass is 403 g/mol. The van der Waals surface area contributed by atoms with E-state index in [0.717, 1.165) is 26.2 Å². The molecule has 0 aliphatic carbocycles. The lowest BCUT2D eigenvalue weighted by Crippen LogP contribution is -2.51. The van der Waals surface area contributed by atoms with E-state index in [1.807, 2.05) is 0 Å². The number of likely N-dealkylation sites (N-methyl/N-ethyl adjacent to an activating group) is 1. The molecular formula is C21H29N3O3S. The molecule has 1 amide bonds. The molecule has 1 N–H and O–H groups in total. The Bertz CT molecular complexity index is 773. The van der Waals surface area contributed by atoms with Crippen molar-refractivity contribution in [2.24, 2.45) is 0 Å². The molecule has 1 aliphatic heterocycles. The Labute approximate surface area is 171 Å². The van der Waals surface area contributed by atoms with Crippen LogP contribution in [0.25, 0.3) is 0 Å². The predicted molar refractivity (Wildman–Crippen MR) is 113 cm³/mol. The molecule has 0 spiro atoms. The molecule has 152 valence electrons. The lowest BCUT2D eigenvalue weighted by molar-refractivity contribution is 0.0799. The molecule has 28 heavy (non-hydrogen) atoms. The smallest absolute Gasteiger partial charge is 0.251 e. The van der Waals surface area contributed by atoms with Gasteiger partial charge in [-0.25, -0.2) is 0 Å². The lowest BCUT2D eigenvalue weighted by atomic mass is 10.0. The third-order valence-corrected chi connectivity index (χ3v) is 6.19. The Morgan fingerprint density at radius 3 is 2.43 bits per heavy atom. The molecule has 1 saturated heterocycles. The summed E-state index contributed by atoms with van der Waals surface area (Å²) in [6.07, 6.45) is 0. The third kappa shape index (κ3) is 4.66. The number of hydrogen-bond donors (Lipinski definition) is 1. The van der Waals surface area contributed by atoms with Gasteiger partial charge in [-0.3, -0.25) is 9.69 Å². The van der Waals surface area contributed by atoms with Gasteiger partial charge in [-0.15, -0.1) is 11.3 Å². The quantitative estimate of drug-likeness (QED) is 0.770. The molecule has 0 bridgehead atoms. The van der Waals surface area contributed by atoms with Crippen LogP contribution in [0, 0.1) is 0 Å². The highest BCUT2D eigenvalue weighted by atomic mass is 32.1. The summed E-state index contributed by atoms with van der Waals surface area (Å²) < 4.78 is 10.6. The van der Waals surface area contributed by atoms with Crippen molar-refractivity contribution in [3.63, 3.8) is 0 Å². The Morgan fingerprint density at radius 1 is 1.11 bits per heavy atom. The van der Waals surface area contributed by atoms with Crippen LogP contribution in [0.15, 0.2) is 35.7 Å². The molecule has 1 aliphatic rings. The second-order valence-corrected chi connectivity index (χ2v) is 8.11. The molecule has 1 fully saturated rings. The Hall–Kier alpha value is -2.09. The summed E-state index contributed by atoms with van der Waals surface area (Å²) in [5.41, 5.74) is 0.563. The highest BCUT2D eigenvalue weighted by Crippen LogP contribution is 2.30. The summed E-state index contributed by atoms with van der Waals surface area (Å²) in [4.78, 5) is 19.0. The first kappa shape index (κ1) is 20.6. The number of nitrogens with zero attached hydrogens (tertiary/aromatic N) is 2. The zero-order valence-electron chi connectivity index (χ0n) is 17.0. The van der Waals surface area contributed by atoms with E-state index in [1.54, 1.807) is 43.8 Å². The first-order valence-corrected chi connectivity index (χ1v) is 10.4. The van der Waals surface area contributed by atoms with Crippen molar-refractivity contribution >= 4 is 17.2 Å². The molecule has 2 aromatic rings. The fourth-order valence-corrected chi connectivity index (χ4v) is 4.61. The molecule has 2 heterocycles. The van der Waals surface area contributed by atoms with Gasteiger partial charge in [0.2, 0.25) is 0 Å². The first-order chi connectivity index (χ1) is 13.5. The van der Waals surface area contributed by atoms with Gasteiger partial charge in [0.05, 0.1) is 20.3 Å². The highest BCUT2D eigenvalue weighted by molar-refractivity contribution is 7.10. The Morgan fingerprint density at radius 2 is 1.82 bits per heavy atom. The van der Waals surface area contributed by atoms with Gasteiger partial charge >= 0.3 is 0 Å². The lowest BCUT2D eigenvalue weighted by Gasteiger charge is -2.40. The SMILES string of the molecule is COc1ccc(C(=O)N[C@@H](C)[C@H](c2cccs2)N2CCN(C)CC2)cc1OC. The predicted octanol–water partition coefficient (Wildman–Crippen LogP) is 2.87. The van der Waals surface area contributed by atoms with Gasteiger partial charge in [0.15, 0.2) is 11.5 Å². The average Bonchev–Trinajstić information content (AvgIpc) is 3.23. The zero-order chi connectivity index (χ0) is 20.1. The number of ether oxygens (including phenoxy) is 2. The number of amides is 1. The minimum Gasteiger partial charge on any atom is -0.493 e. The van der Waals surface area contributed by atoms with Gasteiger partial charge < -0.3 is 19.7 Å². The van der Waals surface area contributed by atoms with E-state index in [1.165, 1.54) is 4.88 Å². The molecule has 7 heteroatoms. The van der Waals surface area contributed by atoms with E-state index in [-0.39, 0.29) is 18.0 Å². The summed E-state index contributed by atoms with van der Waals surface area (Å²) in [5, 5.41) is 5.30. The van der Waals surface area contributed by atoms with Crippen LogP contribution in [0.5, 0.6) is 11.5 Å². The van der Waals surface area contributed by atoms with Gasteiger partial charge in [0.1, 0.15) is 0 Å². The summed E-state index contributed by atoms with van der Waals surface area (Å²) in [7, 11) is 5.31. The van der Waals surface area contributed by atoms with Crippen LogP contribution < -0.4 is 14.8 Å². The Kier molecular flexibility index (Phi) is 6.93. The number of rotatable bonds is 7. The van der Waals surface area contributed by atoms with Crippen LogP contribution in [-0.4, -0.2) is 69.2 Å². The van der Waals surface area contributed by atoms with E-state index >= 15 is 0 Å². The van der Waals surface area contributed by atoms with Crippen LogP contribution in [0.3, 0.4) is 0 Å². The maximum atomic E-state index is 12.9. The van der Waals surface area contributed by atoms with E-state index in [0.29, 0.717) is 17.1 Å². The molecule has 0 radical (unpaired) electrons. The van der Waals surface area contributed by atoms with Gasteiger partial charge in [0, 0.05) is 42.7 Å². The van der Waals surface area contributed by atoms with Crippen molar-refractivity contribution in [3.05, 3.63) is 46.2 Å². The normalized spacial score (nSPS) is 17.7. The number of benzene rings is 1. The largest absolute Gasteiger partial charge is 0.493 e. The summed E-state index contributed by atoms with van der Waals surface area (Å²) in [5.74, 6) is 1.06. The fourth-order valence-electron chi connectivity index (χ4n) is 3.65. The number of carbonyl (C=O) groups is 1. The number of thiophene rings is 1. The summed E-state index contributed by atoms with van der Waals surface area (Å²) in [6.45, 7) is 6.16. The molecular weight excluding hydrogens is 374 g/mol. The van der Waals surface area contributed by atoms with Crippen molar-refractivity contribution in [1.82, 2.24) is 15.1 Å². The van der Waals surface area contributed by atoms with E-state index in [9.17, 15) is 4.79 Å². The van der Waals surface area contributed by atoms with E-state index < -0.39 is 0 Å². The summed E-state index contributed by atoms with van der Waals surface area (Å²) in [6, 6.07) is 9.62. The third-order valence-electron chi connectivity index (χ3n) is 5.24. The average molecular weight is 404 g/mol. The van der Waals surface area contributed by atoms with Crippen LogP contribution >= 0.6 is 11.3 Å². The van der Waals surface area contributed by atoms with Crippen LogP contribution in [0.1, 0.15) is 28.2 Å². The summed E-state index contributed by atoms with van der Waals surface area (Å²) >= 11 is 1.74. The molecule has 1 aromatic carbocycles. The molecule has 3 rings (SSSR count). The Balaban J connectivity index is 1.76. The van der Waals surface area contributed by atoms with Crippen LogP contribution in [-0.2, 0) is 0 Å². The number of nitrogens with one attached hydrogen (secondary N) is 1. The van der Waals surface area contributed by atoms with Crippen LogP contribution in [0.2, 0.25) is 0 Å². The second kappa shape index (κ2) is 9.41.